The second-order valence-electron chi connectivity index (χ2n) is 8.19. The normalized spacial score (nSPS) is 11.2. The predicted molar refractivity (Wildman–Crippen MR) is 143 cm³/mol. The number of hydrogen-bond acceptors (Lipinski definition) is 3. The maximum Gasteiger partial charge on any atom is 0.266 e. The average molecular weight is 501 g/mol. The van der Waals surface area contributed by atoms with Crippen LogP contribution in [0.1, 0.15) is 22.3 Å². The molecule has 35 heavy (non-hydrogen) atoms. The van der Waals surface area contributed by atoms with E-state index in [0.29, 0.717) is 22.3 Å². The van der Waals surface area contributed by atoms with E-state index in [1.165, 1.54) is 0 Å². The van der Waals surface area contributed by atoms with Crippen LogP contribution in [0.5, 0.6) is 5.75 Å². The van der Waals surface area contributed by atoms with E-state index in [1.807, 2.05) is 80.6 Å². The largest absolute Gasteiger partial charge is 0.488 e. The summed E-state index contributed by atoms with van der Waals surface area (Å²) in [7, 11) is 0. The van der Waals surface area contributed by atoms with Crippen molar-refractivity contribution < 1.29 is 9.53 Å². The predicted octanol–water partition coefficient (Wildman–Crippen LogP) is 7.89. The number of halogens is 2. The molecule has 6 heteroatoms. The molecule has 0 atom stereocenters. The molecule has 1 amide bonds. The molecule has 0 bridgehead atoms. The number of aryl methyl sites for hydroxylation is 2. The van der Waals surface area contributed by atoms with Crippen LogP contribution in [0, 0.1) is 25.2 Å². The van der Waals surface area contributed by atoms with E-state index in [1.54, 1.807) is 18.2 Å². The number of fused-ring (bicyclic) bond motifs is 1. The Labute approximate surface area is 214 Å². The zero-order valence-electron chi connectivity index (χ0n) is 19.2. The number of amides is 1. The molecule has 0 aliphatic carbocycles. The maximum atomic E-state index is 12.8. The number of carbonyl (C=O) groups is 1. The van der Waals surface area contributed by atoms with Gasteiger partial charge in [-0.3, -0.25) is 4.79 Å². The summed E-state index contributed by atoms with van der Waals surface area (Å²) in [5.74, 6) is 0.267. The molecule has 4 aromatic rings. The summed E-state index contributed by atoms with van der Waals surface area (Å²) in [4.78, 5) is 12.8. The highest BCUT2D eigenvalue weighted by atomic mass is 35.5. The quantitative estimate of drug-likeness (QED) is 0.216. The van der Waals surface area contributed by atoms with Crippen molar-refractivity contribution in [2.75, 3.05) is 5.32 Å². The van der Waals surface area contributed by atoms with Crippen molar-refractivity contribution in [1.82, 2.24) is 0 Å². The molecule has 0 saturated carbocycles. The second-order valence-corrected chi connectivity index (χ2v) is 9.04. The molecule has 0 radical (unpaired) electrons. The summed E-state index contributed by atoms with van der Waals surface area (Å²) >= 11 is 12.2. The first-order chi connectivity index (χ1) is 16.8. The van der Waals surface area contributed by atoms with Crippen LogP contribution >= 0.6 is 23.2 Å². The third kappa shape index (κ3) is 5.84. The van der Waals surface area contributed by atoms with Gasteiger partial charge in [0.1, 0.15) is 24.0 Å². The zero-order chi connectivity index (χ0) is 24.9. The number of nitrogens with one attached hydrogen (secondary N) is 1. The summed E-state index contributed by atoms with van der Waals surface area (Å²) < 4.78 is 6.03. The molecule has 174 valence electrons. The molecule has 0 saturated heterocycles. The number of anilines is 1. The molecular weight excluding hydrogens is 479 g/mol. The highest BCUT2D eigenvalue weighted by Gasteiger charge is 2.13. The van der Waals surface area contributed by atoms with Crippen molar-refractivity contribution >= 4 is 51.6 Å². The van der Waals surface area contributed by atoms with Gasteiger partial charge in [0.05, 0.1) is 0 Å². The van der Waals surface area contributed by atoms with Crippen LogP contribution in [-0.2, 0) is 11.4 Å². The highest BCUT2D eigenvalue weighted by Crippen LogP contribution is 2.29. The number of carbonyl (C=O) groups excluding carboxylic acids is 1. The third-order valence-corrected chi connectivity index (χ3v) is 6.14. The zero-order valence-corrected chi connectivity index (χ0v) is 20.7. The van der Waals surface area contributed by atoms with Crippen molar-refractivity contribution in [3.63, 3.8) is 0 Å². The Kier molecular flexibility index (Phi) is 7.41. The van der Waals surface area contributed by atoms with Crippen LogP contribution in [-0.4, -0.2) is 5.91 Å². The minimum atomic E-state index is -0.462. The van der Waals surface area contributed by atoms with Crippen LogP contribution < -0.4 is 10.1 Å². The standard InChI is InChI=1S/C29H22Cl2N2O2/c1-18-11-20(12-19(2)28(18)35-17-23-7-9-25(30)15-27(23)31)13-24(16-32)29(34)33-26-10-8-21-5-3-4-6-22(21)14-26/h3-15H,17H2,1-2H3,(H,33,34)/b24-13+. The smallest absolute Gasteiger partial charge is 0.266 e. The SMILES string of the molecule is Cc1cc(/C=C(\C#N)C(=O)Nc2ccc3ccccc3c2)cc(C)c1OCc1ccc(Cl)cc1Cl. The fourth-order valence-corrected chi connectivity index (χ4v) is 4.33. The minimum absolute atomic E-state index is 0.0126. The van der Waals surface area contributed by atoms with Crippen LogP contribution in [0.3, 0.4) is 0 Å². The number of ether oxygens (including phenoxy) is 1. The highest BCUT2D eigenvalue weighted by molar-refractivity contribution is 6.35. The molecular formula is C29H22Cl2N2O2. The van der Waals surface area contributed by atoms with Gasteiger partial charge in [-0.2, -0.15) is 5.26 Å². The average Bonchev–Trinajstić information content (AvgIpc) is 2.83. The lowest BCUT2D eigenvalue weighted by Gasteiger charge is -2.14. The molecule has 0 aliphatic heterocycles. The Morgan fingerprint density at radius 1 is 0.971 bits per heavy atom. The molecule has 0 spiro atoms. The number of nitrogens with zero attached hydrogens (tertiary/aromatic N) is 1. The van der Waals surface area contributed by atoms with Gasteiger partial charge in [0, 0.05) is 21.3 Å². The second kappa shape index (κ2) is 10.7. The Hall–Kier alpha value is -3.78. The summed E-state index contributed by atoms with van der Waals surface area (Å²) in [6.45, 7) is 4.14. The van der Waals surface area contributed by atoms with Gasteiger partial charge in [0.15, 0.2) is 0 Å². The van der Waals surface area contributed by atoms with Gasteiger partial charge in [-0.15, -0.1) is 0 Å². The fourth-order valence-electron chi connectivity index (χ4n) is 3.86. The van der Waals surface area contributed by atoms with E-state index in [9.17, 15) is 10.1 Å². The number of rotatable bonds is 6. The van der Waals surface area contributed by atoms with Crippen molar-refractivity contribution in [3.8, 4) is 11.8 Å². The van der Waals surface area contributed by atoms with Gasteiger partial charge in [0.25, 0.3) is 5.91 Å². The first kappa shape index (κ1) is 24.3. The van der Waals surface area contributed by atoms with Crippen molar-refractivity contribution in [1.29, 1.82) is 5.26 Å². The van der Waals surface area contributed by atoms with Gasteiger partial charge < -0.3 is 10.1 Å². The molecule has 4 nitrogen and oxygen atoms in total. The van der Waals surface area contributed by atoms with Gasteiger partial charge >= 0.3 is 0 Å². The van der Waals surface area contributed by atoms with Crippen molar-refractivity contribution in [2.24, 2.45) is 0 Å². The van der Waals surface area contributed by atoms with E-state index < -0.39 is 5.91 Å². The lowest BCUT2D eigenvalue weighted by atomic mass is 10.0. The molecule has 0 unspecified atom stereocenters. The summed E-state index contributed by atoms with van der Waals surface area (Å²) in [6, 6.07) is 24.6. The number of hydrogen-bond donors (Lipinski definition) is 1. The van der Waals surface area contributed by atoms with E-state index in [2.05, 4.69) is 5.32 Å². The molecule has 4 aromatic carbocycles. The summed E-state index contributed by atoms with van der Waals surface area (Å²) in [5, 5.41) is 15.6. The summed E-state index contributed by atoms with van der Waals surface area (Å²) in [6.07, 6.45) is 1.58. The van der Waals surface area contributed by atoms with Crippen molar-refractivity contribution in [3.05, 3.63) is 111 Å². The first-order valence-electron chi connectivity index (χ1n) is 10.9. The maximum absolute atomic E-state index is 12.8. The van der Waals surface area contributed by atoms with Crippen LogP contribution in [0.15, 0.2) is 78.4 Å². The number of benzene rings is 4. The lowest BCUT2D eigenvalue weighted by Crippen LogP contribution is -2.13. The summed E-state index contributed by atoms with van der Waals surface area (Å²) in [5.41, 5.74) is 3.98. The topological polar surface area (TPSA) is 62.1 Å². The Morgan fingerprint density at radius 3 is 2.37 bits per heavy atom. The Morgan fingerprint density at radius 2 is 1.69 bits per heavy atom. The molecule has 4 rings (SSSR count). The molecule has 0 aromatic heterocycles. The van der Waals surface area contributed by atoms with Gasteiger partial charge in [-0.1, -0.05) is 59.6 Å². The lowest BCUT2D eigenvalue weighted by molar-refractivity contribution is -0.112. The monoisotopic (exact) mass is 500 g/mol. The van der Waals surface area contributed by atoms with Gasteiger partial charge in [-0.25, -0.2) is 0 Å². The van der Waals surface area contributed by atoms with Gasteiger partial charge in [0.2, 0.25) is 0 Å². The molecule has 0 aliphatic rings. The Balaban J connectivity index is 1.51. The van der Waals surface area contributed by atoms with Gasteiger partial charge in [-0.05, 0) is 83.8 Å². The van der Waals surface area contributed by atoms with E-state index >= 15 is 0 Å². The van der Waals surface area contributed by atoms with E-state index in [0.717, 1.165) is 38.8 Å². The van der Waals surface area contributed by atoms with Crippen LogP contribution in [0.25, 0.3) is 16.8 Å². The minimum Gasteiger partial charge on any atom is -0.488 e. The third-order valence-electron chi connectivity index (χ3n) is 5.55. The number of nitriles is 1. The molecule has 0 heterocycles. The van der Waals surface area contributed by atoms with Crippen molar-refractivity contribution in [2.45, 2.75) is 20.5 Å². The Bertz CT molecular complexity index is 1480. The molecule has 1 N–H and O–H groups in total. The van der Waals surface area contributed by atoms with Crippen LogP contribution in [0.2, 0.25) is 10.0 Å². The van der Waals surface area contributed by atoms with E-state index in [4.69, 9.17) is 27.9 Å². The first-order valence-corrected chi connectivity index (χ1v) is 11.7. The fraction of sp³-hybridized carbons (Fsp3) is 0.103. The molecule has 0 fully saturated rings. The van der Waals surface area contributed by atoms with E-state index in [-0.39, 0.29) is 5.57 Å². The van der Waals surface area contributed by atoms with Crippen LogP contribution in [0.4, 0.5) is 5.69 Å².